The third-order valence-electron chi connectivity index (χ3n) is 4.75. The number of benzene rings is 1. The Bertz CT molecular complexity index is 869. The molecule has 0 spiro atoms. The number of sulfone groups is 1. The summed E-state index contributed by atoms with van der Waals surface area (Å²) < 4.78 is 25.4. The smallest absolute Gasteiger partial charge is 0.255 e. The molecule has 3 rings (SSSR count). The van der Waals surface area contributed by atoms with Crippen molar-refractivity contribution in [3.63, 3.8) is 0 Å². The maximum atomic E-state index is 12.9. The van der Waals surface area contributed by atoms with E-state index >= 15 is 0 Å². The van der Waals surface area contributed by atoms with Gasteiger partial charge in [0.25, 0.3) is 5.91 Å². The molecule has 128 valence electrons. The molecule has 1 aromatic heterocycles. The van der Waals surface area contributed by atoms with Crippen LogP contribution < -0.4 is 0 Å². The van der Waals surface area contributed by atoms with Crippen LogP contribution in [0.1, 0.15) is 28.2 Å². The van der Waals surface area contributed by atoms with E-state index in [4.69, 9.17) is 0 Å². The fourth-order valence-electron chi connectivity index (χ4n) is 3.39. The molecule has 0 radical (unpaired) electrons. The number of para-hydroxylation sites is 1. The molecule has 6 heteroatoms. The van der Waals surface area contributed by atoms with Crippen LogP contribution in [-0.2, 0) is 9.84 Å². The fourth-order valence-corrected chi connectivity index (χ4v) is 5.16. The number of carbonyl (C=O) groups excluding carboxylic acids is 1. The predicted molar refractivity (Wildman–Crippen MR) is 94.4 cm³/mol. The molecule has 0 bridgehead atoms. The number of aromatic nitrogens is 1. The Labute approximate surface area is 142 Å². The number of hydrogen-bond donors (Lipinski definition) is 0. The second kappa shape index (κ2) is 6.09. The summed E-state index contributed by atoms with van der Waals surface area (Å²) in [5.74, 6) is 0.109. The van der Waals surface area contributed by atoms with Crippen molar-refractivity contribution in [1.82, 2.24) is 9.47 Å². The second-order valence-corrected chi connectivity index (χ2v) is 8.66. The third-order valence-corrected chi connectivity index (χ3v) is 6.50. The van der Waals surface area contributed by atoms with Gasteiger partial charge in [-0.2, -0.15) is 0 Å². The summed E-state index contributed by atoms with van der Waals surface area (Å²) in [6.45, 7) is 3.89. The highest BCUT2D eigenvalue weighted by Gasteiger charge is 2.34. The summed E-state index contributed by atoms with van der Waals surface area (Å²) in [6, 6.07) is 11.5. The van der Waals surface area contributed by atoms with Gasteiger partial charge in [-0.1, -0.05) is 18.2 Å². The Morgan fingerprint density at radius 2 is 1.88 bits per heavy atom. The minimum atomic E-state index is -3.01. The largest absolute Gasteiger partial charge is 0.338 e. The Kier molecular flexibility index (Phi) is 4.25. The van der Waals surface area contributed by atoms with Crippen LogP contribution in [-0.4, -0.2) is 48.4 Å². The molecule has 5 nitrogen and oxygen atoms in total. The Morgan fingerprint density at radius 1 is 1.21 bits per heavy atom. The lowest BCUT2D eigenvalue weighted by Crippen LogP contribution is -2.38. The standard InChI is InChI=1S/C18H22N2O3S/c1-13-11-17(14(2)20(13)15-7-5-4-6-8-15)18(21)19(3)16-9-10-24(22,23)12-16/h4-8,11,16H,9-10,12H2,1-3H3/t16-/m1/s1. The quantitative estimate of drug-likeness (QED) is 0.857. The average Bonchev–Trinajstić information content (AvgIpc) is 3.06. The number of amides is 1. The summed E-state index contributed by atoms with van der Waals surface area (Å²) in [5, 5.41) is 0. The van der Waals surface area contributed by atoms with E-state index < -0.39 is 9.84 Å². The average molecular weight is 346 g/mol. The van der Waals surface area contributed by atoms with E-state index in [9.17, 15) is 13.2 Å². The minimum absolute atomic E-state index is 0.0622. The molecule has 1 fully saturated rings. The van der Waals surface area contributed by atoms with Crippen molar-refractivity contribution in [2.24, 2.45) is 0 Å². The molecular formula is C18H22N2O3S. The number of aryl methyl sites for hydroxylation is 1. The Hall–Kier alpha value is -2.08. The summed E-state index contributed by atoms with van der Waals surface area (Å²) >= 11 is 0. The van der Waals surface area contributed by atoms with Crippen molar-refractivity contribution in [2.75, 3.05) is 18.6 Å². The van der Waals surface area contributed by atoms with Crippen LogP contribution in [0.5, 0.6) is 0 Å². The molecule has 0 saturated carbocycles. The van der Waals surface area contributed by atoms with Gasteiger partial charge in [-0.25, -0.2) is 8.42 Å². The zero-order valence-electron chi connectivity index (χ0n) is 14.2. The molecule has 2 heterocycles. The topological polar surface area (TPSA) is 59.4 Å². The molecule has 1 atom stereocenters. The highest BCUT2D eigenvalue weighted by Crippen LogP contribution is 2.24. The second-order valence-electron chi connectivity index (χ2n) is 6.43. The Morgan fingerprint density at radius 3 is 2.46 bits per heavy atom. The van der Waals surface area contributed by atoms with E-state index in [2.05, 4.69) is 0 Å². The number of carbonyl (C=O) groups is 1. The van der Waals surface area contributed by atoms with Gasteiger partial charge >= 0.3 is 0 Å². The van der Waals surface area contributed by atoms with E-state index in [1.165, 1.54) is 0 Å². The van der Waals surface area contributed by atoms with Gasteiger partial charge in [-0.3, -0.25) is 4.79 Å². The zero-order valence-corrected chi connectivity index (χ0v) is 15.0. The summed E-state index contributed by atoms with van der Waals surface area (Å²) in [4.78, 5) is 14.5. The number of hydrogen-bond acceptors (Lipinski definition) is 3. The van der Waals surface area contributed by atoms with Crippen molar-refractivity contribution < 1.29 is 13.2 Å². The maximum absolute atomic E-state index is 12.9. The van der Waals surface area contributed by atoms with E-state index in [-0.39, 0.29) is 23.5 Å². The van der Waals surface area contributed by atoms with Gasteiger partial charge in [0.15, 0.2) is 9.84 Å². The number of rotatable bonds is 3. The van der Waals surface area contributed by atoms with Crippen LogP contribution in [0.2, 0.25) is 0 Å². The van der Waals surface area contributed by atoms with Crippen LogP contribution >= 0.6 is 0 Å². The highest BCUT2D eigenvalue weighted by atomic mass is 32.2. The SMILES string of the molecule is Cc1cc(C(=O)N(C)[C@@H]2CCS(=O)(=O)C2)c(C)n1-c1ccccc1. The first-order valence-electron chi connectivity index (χ1n) is 8.02. The normalized spacial score (nSPS) is 19.4. The van der Waals surface area contributed by atoms with Gasteiger partial charge in [0.1, 0.15) is 0 Å². The molecule has 1 aliphatic rings. The van der Waals surface area contributed by atoms with Crippen molar-refractivity contribution in [1.29, 1.82) is 0 Å². The van der Waals surface area contributed by atoms with E-state index in [1.807, 2.05) is 54.8 Å². The monoisotopic (exact) mass is 346 g/mol. The van der Waals surface area contributed by atoms with Crippen LogP contribution in [0, 0.1) is 13.8 Å². The molecular weight excluding hydrogens is 324 g/mol. The fraction of sp³-hybridized carbons (Fsp3) is 0.389. The Balaban J connectivity index is 1.92. The van der Waals surface area contributed by atoms with Crippen LogP contribution in [0.3, 0.4) is 0 Å². The van der Waals surface area contributed by atoms with Gasteiger partial charge < -0.3 is 9.47 Å². The van der Waals surface area contributed by atoms with Gasteiger partial charge in [0, 0.05) is 30.2 Å². The first kappa shape index (κ1) is 16.8. The molecule has 1 aromatic carbocycles. The molecule has 2 aromatic rings. The zero-order chi connectivity index (χ0) is 17.5. The first-order valence-corrected chi connectivity index (χ1v) is 9.84. The van der Waals surface area contributed by atoms with Crippen LogP contribution in [0.15, 0.2) is 36.4 Å². The first-order chi connectivity index (χ1) is 11.3. The summed E-state index contributed by atoms with van der Waals surface area (Å²) in [5.41, 5.74) is 3.49. The van der Waals surface area contributed by atoms with E-state index in [0.29, 0.717) is 12.0 Å². The van der Waals surface area contributed by atoms with Crippen molar-refractivity contribution >= 4 is 15.7 Å². The van der Waals surface area contributed by atoms with Gasteiger partial charge in [0.2, 0.25) is 0 Å². The molecule has 1 amide bonds. The minimum Gasteiger partial charge on any atom is -0.338 e. The maximum Gasteiger partial charge on any atom is 0.255 e. The molecule has 0 unspecified atom stereocenters. The molecule has 24 heavy (non-hydrogen) atoms. The lowest BCUT2D eigenvalue weighted by atomic mass is 10.1. The summed E-state index contributed by atoms with van der Waals surface area (Å²) in [6.07, 6.45) is 0.516. The van der Waals surface area contributed by atoms with Crippen molar-refractivity contribution in [3.05, 3.63) is 53.3 Å². The van der Waals surface area contributed by atoms with Crippen LogP contribution in [0.4, 0.5) is 0 Å². The van der Waals surface area contributed by atoms with Crippen LogP contribution in [0.25, 0.3) is 5.69 Å². The van der Waals surface area contributed by atoms with Gasteiger partial charge in [-0.15, -0.1) is 0 Å². The third kappa shape index (κ3) is 2.98. The van der Waals surface area contributed by atoms with Gasteiger partial charge in [-0.05, 0) is 38.5 Å². The van der Waals surface area contributed by atoms with Gasteiger partial charge in [0.05, 0.1) is 17.1 Å². The molecule has 0 N–H and O–H groups in total. The van der Waals surface area contributed by atoms with E-state index in [1.54, 1.807) is 11.9 Å². The van der Waals surface area contributed by atoms with E-state index in [0.717, 1.165) is 17.1 Å². The summed E-state index contributed by atoms with van der Waals surface area (Å²) in [7, 11) is -1.31. The predicted octanol–water partition coefficient (Wildman–Crippen LogP) is 2.35. The molecule has 1 saturated heterocycles. The lowest BCUT2D eigenvalue weighted by Gasteiger charge is -2.23. The van der Waals surface area contributed by atoms with Crippen molar-refractivity contribution in [2.45, 2.75) is 26.3 Å². The molecule has 0 aliphatic carbocycles. The highest BCUT2D eigenvalue weighted by molar-refractivity contribution is 7.91. The lowest BCUT2D eigenvalue weighted by molar-refractivity contribution is 0.0747. The molecule has 1 aliphatic heterocycles. The number of nitrogens with zero attached hydrogens (tertiary/aromatic N) is 2. The van der Waals surface area contributed by atoms with Crippen molar-refractivity contribution in [3.8, 4) is 5.69 Å².